The second-order valence-corrected chi connectivity index (χ2v) is 5.64. The number of rotatable bonds is 1. The summed E-state index contributed by atoms with van der Waals surface area (Å²) in [6, 6.07) is 8.89. The highest BCUT2D eigenvalue weighted by Gasteiger charge is 2.18. The van der Waals surface area contributed by atoms with Crippen LogP contribution in [0.1, 0.15) is 5.56 Å². The Bertz CT molecular complexity index is 1180. The fraction of sp³-hybridized carbons (Fsp3) is 0.0588. The van der Waals surface area contributed by atoms with Crippen molar-refractivity contribution in [2.24, 2.45) is 0 Å². The molecule has 120 valence electrons. The lowest BCUT2D eigenvalue weighted by Crippen LogP contribution is -2.08. The highest BCUT2D eigenvalue weighted by Crippen LogP contribution is 2.29. The van der Waals surface area contributed by atoms with E-state index in [1.54, 1.807) is 19.1 Å². The quantitative estimate of drug-likeness (QED) is 0.501. The summed E-state index contributed by atoms with van der Waals surface area (Å²) in [5, 5.41) is 14.9. The Kier molecular flexibility index (Phi) is 2.86. The van der Waals surface area contributed by atoms with Crippen LogP contribution < -0.4 is 11.3 Å². The molecule has 0 radical (unpaired) electrons. The first kappa shape index (κ1) is 14.3. The van der Waals surface area contributed by atoms with Crippen molar-refractivity contribution < 1.29 is 9.50 Å². The zero-order valence-corrected chi connectivity index (χ0v) is 12.7. The number of nitrogens with zero attached hydrogens (tertiary/aromatic N) is 2. The van der Waals surface area contributed by atoms with E-state index in [0.717, 1.165) is 5.56 Å². The maximum absolute atomic E-state index is 13.6. The Morgan fingerprint density at radius 1 is 1.25 bits per heavy atom. The predicted octanol–water partition coefficient (Wildman–Crippen LogP) is 2.60. The van der Waals surface area contributed by atoms with E-state index in [4.69, 9.17) is 5.73 Å². The molecule has 2 aromatic heterocycles. The Morgan fingerprint density at radius 2 is 2.04 bits per heavy atom. The summed E-state index contributed by atoms with van der Waals surface area (Å²) >= 11 is 0. The minimum atomic E-state index is -0.418. The number of aromatic hydroxyl groups is 1. The Hall–Kier alpha value is -3.35. The zero-order chi connectivity index (χ0) is 17.0. The fourth-order valence-electron chi connectivity index (χ4n) is 2.86. The molecule has 4 N–H and O–H groups in total. The normalized spacial score (nSPS) is 11.4. The number of hydrogen-bond acceptors (Lipinski definition) is 4. The van der Waals surface area contributed by atoms with Gasteiger partial charge in [-0.15, -0.1) is 0 Å². The standard InChI is InChI=1S/C17H13FN4O2/c1-8-2-3-9(18)6-13(8)22-16(19)14-15(21-22)11-5-4-10(23)7-12(11)20-17(14)24/h2-7,23H,19H2,1H3,(H,20,24). The molecule has 0 atom stereocenters. The van der Waals surface area contributed by atoms with Gasteiger partial charge in [-0.05, 0) is 36.8 Å². The summed E-state index contributed by atoms with van der Waals surface area (Å²) in [5.74, 6) is -0.251. The largest absolute Gasteiger partial charge is 0.508 e. The van der Waals surface area contributed by atoms with E-state index in [1.807, 2.05) is 0 Å². The van der Waals surface area contributed by atoms with Gasteiger partial charge < -0.3 is 15.8 Å². The van der Waals surface area contributed by atoms with E-state index in [1.165, 1.54) is 28.9 Å². The number of benzene rings is 2. The number of hydrogen-bond donors (Lipinski definition) is 3. The van der Waals surface area contributed by atoms with Gasteiger partial charge in [0.05, 0.1) is 11.2 Å². The van der Waals surface area contributed by atoms with Crippen LogP contribution in [0.15, 0.2) is 41.2 Å². The van der Waals surface area contributed by atoms with Crippen LogP contribution in [0.4, 0.5) is 10.2 Å². The van der Waals surface area contributed by atoms with E-state index < -0.39 is 11.4 Å². The molecule has 7 heteroatoms. The molecule has 0 bridgehead atoms. The van der Waals surface area contributed by atoms with E-state index in [0.29, 0.717) is 22.1 Å². The lowest BCUT2D eigenvalue weighted by atomic mass is 10.1. The van der Waals surface area contributed by atoms with E-state index in [9.17, 15) is 14.3 Å². The van der Waals surface area contributed by atoms with Crippen molar-refractivity contribution in [3.63, 3.8) is 0 Å². The second kappa shape index (κ2) is 4.82. The number of aromatic nitrogens is 3. The number of aromatic amines is 1. The first-order valence-electron chi connectivity index (χ1n) is 7.25. The van der Waals surface area contributed by atoms with Crippen LogP contribution in [-0.4, -0.2) is 19.9 Å². The van der Waals surface area contributed by atoms with Gasteiger partial charge in [-0.1, -0.05) is 6.07 Å². The second-order valence-electron chi connectivity index (χ2n) is 5.64. The number of aryl methyl sites for hydroxylation is 1. The van der Waals surface area contributed by atoms with Gasteiger partial charge in [-0.3, -0.25) is 4.79 Å². The summed E-state index contributed by atoms with van der Waals surface area (Å²) in [6.07, 6.45) is 0. The number of pyridine rings is 1. The smallest absolute Gasteiger partial charge is 0.261 e. The van der Waals surface area contributed by atoms with E-state index in [2.05, 4.69) is 10.1 Å². The molecule has 4 rings (SSSR count). The molecule has 2 heterocycles. The average Bonchev–Trinajstić information content (AvgIpc) is 2.87. The number of nitrogen functional groups attached to an aromatic ring is 1. The van der Waals surface area contributed by atoms with Crippen molar-refractivity contribution in [2.75, 3.05) is 5.73 Å². The molecule has 0 unspecified atom stereocenters. The van der Waals surface area contributed by atoms with Gasteiger partial charge >= 0.3 is 0 Å². The topological polar surface area (TPSA) is 96.9 Å². The third kappa shape index (κ3) is 1.95. The minimum Gasteiger partial charge on any atom is -0.508 e. The number of nitrogens with two attached hydrogens (primary N) is 1. The molecule has 2 aromatic carbocycles. The summed E-state index contributed by atoms with van der Waals surface area (Å²) in [7, 11) is 0. The predicted molar refractivity (Wildman–Crippen MR) is 90.0 cm³/mol. The lowest BCUT2D eigenvalue weighted by Gasteiger charge is -2.07. The monoisotopic (exact) mass is 324 g/mol. The summed E-state index contributed by atoms with van der Waals surface area (Å²) in [4.78, 5) is 15.1. The van der Waals surface area contributed by atoms with Gasteiger partial charge in [0.2, 0.25) is 0 Å². The number of H-pyrrole nitrogens is 1. The maximum atomic E-state index is 13.6. The Balaban J connectivity index is 2.15. The molecule has 0 amide bonds. The van der Waals surface area contributed by atoms with Crippen molar-refractivity contribution in [1.29, 1.82) is 0 Å². The van der Waals surface area contributed by atoms with Crippen molar-refractivity contribution >= 4 is 27.6 Å². The number of anilines is 1. The van der Waals surface area contributed by atoms with Crippen LogP contribution in [-0.2, 0) is 0 Å². The molecule has 0 spiro atoms. The molecule has 0 saturated carbocycles. The van der Waals surface area contributed by atoms with Gasteiger partial charge in [0.1, 0.15) is 28.3 Å². The van der Waals surface area contributed by atoms with Gasteiger partial charge in [0.25, 0.3) is 5.56 Å². The van der Waals surface area contributed by atoms with E-state index >= 15 is 0 Å². The van der Waals surface area contributed by atoms with Gasteiger partial charge in [0, 0.05) is 11.5 Å². The van der Waals surface area contributed by atoms with Gasteiger partial charge in [-0.2, -0.15) is 5.10 Å². The molecule has 0 aliphatic heterocycles. The van der Waals surface area contributed by atoms with Crippen LogP contribution >= 0.6 is 0 Å². The van der Waals surface area contributed by atoms with Crippen LogP contribution in [0.5, 0.6) is 5.75 Å². The molecule has 0 fully saturated rings. The van der Waals surface area contributed by atoms with Crippen LogP contribution in [0.2, 0.25) is 0 Å². The molecule has 0 aliphatic rings. The number of nitrogens with one attached hydrogen (secondary N) is 1. The van der Waals surface area contributed by atoms with Crippen LogP contribution in [0.25, 0.3) is 27.5 Å². The number of phenols is 1. The maximum Gasteiger partial charge on any atom is 0.261 e. The third-order valence-corrected chi connectivity index (χ3v) is 4.05. The first-order chi connectivity index (χ1) is 11.5. The molecule has 4 aromatic rings. The number of phenolic OH excluding ortho intramolecular Hbond substituents is 1. The number of fused-ring (bicyclic) bond motifs is 3. The zero-order valence-electron chi connectivity index (χ0n) is 12.7. The number of halogens is 1. The molecule has 6 nitrogen and oxygen atoms in total. The molecule has 24 heavy (non-hydrogen) atoms. The summed E-state index contributed by atoms with van der Waals surface area (Å²) in [6.45, 7) is 1.81. The molecular formula is C17H13FN4O2. The fourth-order valence-corrected chi connectivity index (χ4v) is 2.86. The third-order valence-electron chi connectivity index (χ3n) is 4.05. The van der Waals surface area contributed by atoms with Crippen molar-refractivity contribution in [3.05, 3.63) is 58.1 Å². The summed E-state index contributed by atoms with van der Waals surface area (Å²) < 4.78 is 15.0. The lowest BCUT2D eigenvalue weighted by molar-refractivity contribution is 0.476. The minimum absolute atomic E-state index is 0.0332. The van der Waals surface area contributed by atoms with Crippen LogP contribution in [0, 0.1) is 12.7 Å². The molecule has 0 aliphatic carbocycles. The Morgan fingerprint density at radius 3 is 2.83 bits per heavy atom. The summed E-state index contributed by atoms with van der Waals surface area (Å²) in [5.41, 5.74) is 7.79. The highest BCUT2D eigenvalue weighted by molar-refractivity contribution is 6.07. The first-order valence-corrected chi connectivity index (χ1v) is 7.25. The highest BCUT2D eigenvalue weighted by atomic mass is 19.1. The van der Waals surface area contributed by atoms with Crippen molar-refractivity contribution in [3.8, 4) is 11.4 Å². The molecular weight excluding hydrogens is 311 g/mol. The van der Waals surface area contributed by atoms with Gasteiger partial charge in [-0.25, -0.2) is 9.07 Å². The van der Waals surface area contributed by atoms with E-state index in [-0.39, 0.29) is 17.0 Å². The average molecular weight is 324 g/mol. The Labute approximate surface area is 135 Å². The SMILES string of the molecule is Cc1ccc(F)cc1-n1nc2c(c1N)c(=O)[nH]c1cc(O)ccc12. The van der Waals surface area contributed by atoms with Gasteiger partial charge in [0.15, 0.2) is 0 Å². The van der Waals surface area contributed by atoms with Crippen LogP contribution in [0.3, 0.4) is 0 Å². The molecule has 0 saturated heterocycles. The van der Waals surface area contributed by atoms with Crippen molar-refractivity contribution in [2.45, 2.75) is 6.92 Å². The van der Waals surface area contributed by atoms with Crippen molar-refractivity contribution in [1.82, 2.24) is 14.8 Å².